The molecule has 0 saturated carbocycles. The molecule has 0 unspecified atom stereocenters. The Labute approximate surface area is 521 Å². The van der Waals surface area contributed by atoms with E-state index >= 15 is 14.4 Å². The Morgan fingerprint density at radius 3 is 1.32 bits per heavy atom. The molecule has 0 aromatic rings. The van der Waals surface area contributed by atoms with Gasteiger partial charge in [-0.3, -0.25) is 52.7 Å². The average molecular weight is 1230 g/mol. The second kappa shape index (κ2) is 35.8. The third-order valence-corrected chi connectivity index (χ3v) is 16.5. The number of aliphatic hydroxyl groups is 1. The fraction of sp³-hybridized carbons (Fsp3) is 0.797. The number of allylic oxidation sites excluding steroid dienone is 2. The van der Waals surface area contributed by atoms with Gasteiger partial charge >= 0.3 is 0 Å². The molecule has 1 fully saturated rings. The van der Waals surface area contributed by atoms with Crippen molar-refractivity contribution in [3.63, 3.8) is 0 Å². The number of nitrogens with zero attached hydrogens (tertiary/aromatic N) is 7. The van der Waals surface area contributed by atoms with Crippen LogP contribution in [0.2, 0.25) is 0 Å². The van der Waals surface area contributed by atoms with E-state index < -0.39 is 162 Å². The highest BCUT2D eigenvalue weighted by Crippen LogP contribution is 2.26. The summed E-state index contributed by atoms with van der Waals surface area (Å²) in [6, 6.07) is -12.4. The first-order valence-electron chi connectivity index (χ1n) is 31.5. The lowest BCUT2D eigenvalue weighted by Crippen LogP contribution is -2.63. The van der Waals surface area contributed by atoms with Crippen molar-refractivity contribution in [3.8, 4) is 0 Å². The molecule has 1 saturated heterocycles. The van der Waals surface area contributed by atoms with Crippen molar-refractivity contribution in [1.82, 2.24) is 55.6 Å². The Morgan fingerprint density at radius 2 is 0.874 bits per heavy atom. The van der Waals surface area contributed by atoms with E-state index in [9.17, 15) is 43.5 Å². The lowest BCUT2D eigenvalue weighted by molar-refractivity contribution is -0.157. The van der Waals surface area contributed by atoms with E-state index in [2.05, 4.69) is 21.3 Å². The molecule has 1 aliphatic rings. The predicted molar refractivity (Wildman–Crippen MR) is 338 cm³/mol. The SMILES string of the molecule is C/C=C/C[C@@H](C)[C@@H](O)[C@H]1C(=O)N[C@@H](CC)C(=O)N(C)CC(=O)N(C)[C@H](C(C)C)C(=O)N[C@@H](C(C)C)C(=O)N(C)[C@@H](CC(C)C)C(=O)N[C@@H](CC(C)C)C(=O)N[C@H](C)C(=O)N(C)[C@@H](CC(C)C)C(=O)N(C)[C@@H](CC(C)C)C(=O)N(C)[C@@H](C(C)C)C(=O)N1C. The largest absolute Gasteiger partial charge is 0.390 e. The summed E-state index contributed by atoms with van der Waals surface area (Å²) in [6.07, 6.45) is 3.02. The summed E-state index contributed by atoms with van der Waals surface area (Å²) in [6.45, 7) is 31.4. The Hall–Kier alpha value is -6.13. The Morgan fingerprint density at radius 1 is 0.448 bits per heavy atom. The van der Waals surface area contributed by atoms with Crippen LogP contribution < -0.4 is 21.3 Å². The molecular formula is C64H115N11O12. The number of amides is 11. The molecule has 0 aliphatic carbocycles. The average Bonchev–Trinajstić information content (AvgIpc) is 1.59. The molecule has 1 rings (SSSR count). The highest BCUT2D eigenvalue weighted by molar-refractivity contribution is 5.99. The maximum atomic E-state index is 15.2. The second-order valence-corrected chi connectivity index (χ2v) is 27.1. The number of rotatable bonds is 16. The Kier molecular flexibility index (Phi) is 32.4. The van der Waals surface area contributed by atoms with E-state index in [-0.39, 0.29) is 55.8 Å². The van der Waals surface area contributed by atoms with Crippen molar-refractivity contribution in [2.45, 2.75) is 230 Å². The zero-order valence-electron chi connectivity index (χ0n) is 57.6. The number of carbonyl (C=O) groups is 11. The van der Waals surface area contributed by atoms with Gasteiger partial charge in [-0.2, -0.15) is 0 Å². The molecule has 1 heterocycles. The van der Waals surface area contributed by atoms with Gasteiger partial charge in [-0.15, -0.1) is 0 Å². The van der Waals surface area contributed by atoms with E-state index in [0.29, 0.717) is 6.42 Å². The van der Waals surface area contributed by atoms with Crippen molar-refractivity contribution in [1.29, 1.82) is 0 Å². The minimum absolute atomic E-state index is 0.0210. The summed E-state index contributed by atoms with van der Waals surface area (Å²) in [5.41, 5.74) is 0. The van der Waals surface area contributed by atoms with Crippen LogP contribution in [-0.4, -0.2) is 227 Å². The number of nitrogens with one attached hydrogen (secondary N) is 4. The van der Waals surface area contributed by atoms with E-state index in [4.69, 9.17) is 0 Å². The molecular weight excluding hydrogens is 1110 g/mol. The van der Waals surface area contributed by atoms with Gasteiger partial charge in [-0.25, -0.2) is 0 Å². The summed E-state index contributed by atoms with van der Waals surface area (Å²) in [5.74, 6) is -10.2. The van der Waals surface area contributed by atoms with Gasteiger partial charge in [0.25, 0.3) is 0 Å². The van der Waals surface area contributed by atoms with E-state index in [0.717, 1.165) is 9.80 Å². The zero-order valence-corrected chi connectivity index (χ0v) is 57.6. The normalized spacial score (nSPS) is 26.6. The fourth-order valence-corrected chi connectivity index (χ4v) is 11.3. The van der Waals surface area contributed by atoms with Gasteiger partial charge in [0, 0.05) is 49.3 Å². The van der Waals surface area contributed by atoms with E-state index in [1.807, 2.05) is 61.5 Å². The molecule has 0 spiro atoms. The molecule has 12 atom stereocenters. The maximum Gasteiger partial charge on any atom is 0.246 e. The van der Waals surface area contributed by atoms with Gasteiger partial charge < -0.3 is 60.7 Å². The molecule has 1 aliphatic heterocycles. The summed E-state index contributed by atoms with van der Waals surface area (Å²) in [5, 5.41) is 23.3. The summed E-state index contributed by atoms with van der Waals surface area (Å²) in [7, 11) is 9.95. The lowest BCUT2D eigenvalue weighted by Gasteiger charge is -2.41. The van der Waals surface area contributed by atoms with Gasteiger partial charge in [-0.05, 0) is 99.7 Å². The molecule has 0 bridgehead atoms. The zero-order chi connectivity index (χ0) is 67.6. The number of likely N-dealkylation sites (N-methyl/N-ethyl adjacent to an activating group) is 7. The summed E-state index contributed by atoms with van der Waals surface area (Å²) < 4.78 is 0. The van der Waals surface area contributed by atoms with Gasteiger partial charge in [-0.1, -0.05) is 123 Å². The van der Waals surface area contributed by atoms with Crippen LogP contribution in [0.25, 0.3) is 0 Å². The molecule has 11 amide bonds. The smallest absolute Gasteiger partial charge is 0.246 e. The summed E-state index contributed by atoms with van der Waals surface area (Å²) >= 11 is 0. The van der Waals surface area contributed by atoms with Crippen LogP contribution in [0.4, 0.5) is 0 Å². The first-order valence-corrected chi connectivity index (χ1v) is 31.5. The molecule has 0 aromatic heterocycles. The molecule has 5 N–H and O–H groups in total. The highest BCUT2D eigenvalue weighted by atomic mass is 16.3. The van der Waals surface area contributed by atoms with Crippen LogP contribution >= 0.6 is 0 Å². The van der Waals surface area contributed by atoms with Crippen LogP contribution in [0.15, 0.2) is 12.2 Å². The molecule has 0 radical (unpaired) electrons. The fourth-order valence-electron chi connectivity index (χ4n) is 11.3. The number of aliphatic hydroxyl groups excluding tert-OH is 1. The monoisotopic (exact) mass is 1230 g/mol. The van der Waals surface area contributed by atoms with Gasteiger partial charge in [0.1, 0.15) is 60.4 Å². The quantitative estimate of drug-likeness (QED) is 0.138. The van der Waals surface area contributed by atoms with Crippen LogP contribution in [0.3, 0.4) is 0 Å². The topological polar surface area (TPSA) is 279 Å². The number of carbonyl (C=O) groups excluding carboxylic acids is 11. The minimum Gasteiger partial charge on any atom is -0.390 e. The van der Waals surface area contributed by atoms with Gasteiger partial charge in [0.05, 0.1) is 12.6 Å². The lowest BCUT2D eigenvalue weighted by atomic mass is 9.91. The third-order valence-electron chi connectivity index (χ3n) is 16.5. The number of hydrogen-bond donors (Lipinski definition) is 5. The molecule has 23 heteroatoms. The van der Waals surface area contributed by atoms with E-state index in [1.54, 1.807) is 68.4 Å². The minimum atomic E-state index is -1.61. The van der Waals surface area contributed by atoms with Crippen molar-refractivity contribution < 1.29 is 57.8 Å². The van der Waals surface area contributed by atoms with Crippen LogP contribution in [0, 0.1) is 47.3 Å². The predicted octanol–water partition coefficient (Wildman–Crippen LogP) is 3.91. The molecule has 87 heavy (non-hydrogen) atoms. The van der Waals surface area contributed by atoms with Crippen molar-refractivity contribution in [2.24, 2.45) is 47.3 Å². The molecule has 0 aromatic carbocycles. The third kappa shape index (κ3) is 22.1. The standard InChI is InChI=1S/C64H115N11O12/c1-26-28-29-42(17)54(77)53-58(81)66-44(27-2)60(83)69(19)34-49(76)73(23)51(40(13)14)57(80)68-50(39(11)12)63(86)70(20)46(31-36(5)6)56(79)67-45(30-35(3)4)55(78)65-43(18)59(82)71(21)47(32-37(7)8)61(84)72(22)48(33-38(9)10)62(85)74(24)52(41(15)16)64(87)75(53)25/h26,28,35-48,50-54,77H,27,29-34H2,1-25H3,(H,65,78)(H,66,81)(H,67,79)(H,68,80)/b28-26+/t42-,43-,44+,45+,46+,47+,48+,50+,51-,52+,53+,54-/m1/s1. The highest BCUT2D eigenvalue weighted by Gasteiger charge is 2.46. The van der Waals surface area contributed by atoms with Crippen LogP contribution in [-0.2, 0) is 52.7 Å². The first-order chi connectivity index (χ1) is 40.1. The van der Waals surface area contributed by atoms with Gasteiger partial charge in [0.15, 0.2) is 0 Å². The van der Waals surface area contributed by atoms with Crippen molar-refractivity contribution in [3.05, 3.63) is 12.2 Å². The van der Waals surface area contributed by atoms with Crippen molar-refractivity contribution in [2.75, 3.05) is 55.9 Å². The molecule has 498 valence electrons. The summed E-state index contributed by atoms with van der Waals surface area (Å²) in [4.78, 5) is 170. The van der Waals surface area contributed by atoms with Gasteiger partial charge in [0.2, 0.25) is 65.0 Å². The maximum absolute atomic E-state index is 15.2. The Balaban J connectivity index is 4.39. The van der Waals surface area contributed by atoms with Crippen LogP contribution in [0.5, 0.6) is 0 Å². The first kappa shape index (κ1) is 78.9. The van der Waals surface area contributed by atoms with E-state index in [1.165, 1.54) is 80.8 Å². The molecule has 23 nitrogen and oxygen atoms in total. The Bertz CT molecular complexity index is 2380. The second-order valence-electron chi connectivity index (χ2n) is 27.1. The van der Waals surface area contributed by atoms with Crippen LogP contribution in [0.1, 0.15) is 163 Å². The van der Waals surface area contributed by atoms with Crippen molar-refractivity contribution >= 4 is 65.0 Å². The number of hydrogen-bond acceptors (Lipinski definition) is 12.